The van der Waals surface area contributed by atoms with Gasteiger partial charge in [-0.2, -0.15) is 13.2 Å². The fraction of sp³-hybridized carbons (Fsp3) is 0.381. The molecule has 1 saturated heterocycles. The first kappa shape index (κ1) is 24.8. The molecular weight excluding hydrogens is 463 g/mol. The minimum absolute atomic E-state index is 0.161. The zero-order valence-electron chi connectivity index (χ0n) is 18.0. The van der Waals surface area contributed by atoms with Crippen molar-refractivity contribution in [2.24, 2.45) is 0 Å². The van der Waals surface area contributed by atoms with Crippen LogP contribution in [0.5, 0.6) is 11.5 Å². The number of hydroxylamine groups is 2. The summed E-state index contributed by atoms with van der Waals surface area (Å²) in [5.74, 6) is -0.119. The van der Waals surface area contributed by atoms with Crippen LogP contribution in [-0.2, 0) is 21.0 Å². The van der Waals surface area contributed by atoms with Gasteiger partial charge in [-0.05, 0) is 62.0 Å². The van der Waals surface area contributed by atoms with Crippen molar-refractivity contribution in [2.45, 2.75) is 18.6 Å². The Morgan fingerprint density at radius 3 is 2.12 bits per heavy atom. The van der Waals surface area contributed by atoms with Crippen LogP contribution in [-0.4, -0.2) is 68.5 Å². The summed E-state index contributed by atoms with van der Waals surface area (Å²) in [6, 6.07) is 9.19. The van der Waals surface area contributed by atoms with Crippen molar-refractivity contribution in [1.82, 2.24) is 9.96 Å². The van der Waals surface area contributed by atoms with E-state index in [1.807, 2.05) is 0 Å². The van der Waals surface area contributed by atoms with Crippen LogP contribution in [0.15, 0.2) is 48.5 Å². The molecule has 12 heteroatoms. The molecule has 1 heterocycles. The molecule has 0 bridgehead atoms. The Labute approximate surface area is 189 Å². The highest BCUT2D eigenvalue weighted by Gasteiger charge is 2.34. The molecule has 1 aliphatic rings. The Bertz CT molecular complexity index is 1080. The number of halogens is 3. The lowest BCUT2D eigenvalue weighted by Gasteiger charge is -2.31. The highest BCUT2D eigenvalue weighted by atomic mass is 32.2. The third-order valence-corrected chi connectivity index (χ3v) is 6.39. The Hall–Kier alpha value is -2.83. The fourth-order valence-corrected chi connectivity index (χ4v) is 4.35. The topological polar surface area (TPSA) is 90.4 Å². The van der Waals surface area contributed by atoms with Crippen LogP contribution < -0.4 is 9.04 Å². The molecule has 2 aromatic carbocycles. The molecule has 2 aromatic rings. The van der Waals surface area contributed by atoms with Crippen LogP contribution in [0, 0.1) is 0 Å². The second-order valence-corrected chi connectivity index (χ2v) is 9.63. The number of rotatable bonds is 6. The lowest BCUT2D eigenvalue weighted by atomic mass is 10.2. The van der Waals surface area contributed by atoms with Crippen LogP contribution in [0.4, 0.5) is 18.9 Å². The average Bonchev–Trinajstić information content (AvgIpc) is 2.84. The molecule has 0 spiro atoms. The summed E-state index contributed by atoms with van der Waals surface area (Å²) in [4.78, 5) is 14.2. The monoisotopic (exact) mass is 487 g/mol. The first-order valence-electron chi connectivity index (χ1n) is 9.99. The molecule has 180 valence electrons. The molecule has 1 amide bonds. The Morgan fingerprint density at radius 2 is 1.61 bits per heavy atom. The van der Waals surface area contributed by atoms with Gasteiger partial charge in [0.2, 0.25) is 10.0 Å². The van der Waals surface area contributed by atoms with Crippen LogP contribution >= 0.6 is 0 Å². The van der Waals surface area contributed by atoms with E-state index in [4.69, 9.17) is 4.74 Å². The van der Waals surface area contributed by atoms with Gasteiger partial charge in [-0.25, -0.2) is 13.5 Å². The number of carbonyl (C=O) groups excluding carboxylic acids is 1. The molecule has 8 nitrogen and oxygen atoms in total. The molecule has 33 heavy (non-hydrogen) atoms. The predicted molar refractivity (Wildman–Crippen MR) is 115 cm³/mol. The number of anilines is 1. The van der Waals surface area contributed by atoms with E-state index >= 15 is 0 Å². The summed E-state index contributed by atoms with van der Waals surface area (Å²) in [5, 5.41) is 10.5. The van der Waals surface area contributed by atoms with Crippen molar-refractivity contribution >= 4 is 21.6 Å². The second kappa shape index (κ2) is 9.57. The van der Waals surface area contributed by atoms with Crippen molar-refractivity contribution in [3.05, 3.63) is 54.1 Å². The molecule has 1 atom stereocenters. The van der Waals surface area contributed by atoms with E-state index in [9.17, 15) is 31.6 Å². The summed E-state index contributed by atoms with van der Waals surface area (Å²) >= 11 is 0. The van der Waals surface area contributed by atoms with Crippen LogP contribution in [0.3, 0.4) is 0 Å². The number of hydrogen-bond acceptors (Lipinski definition) is 6. The van der Waals surface area contributed by atoms with Crippen molar-refractivity contribution in [3.63, 3.8) is 0 Å². The van der Waals surface area contributed by atoms with Crippen molar-refractivity contribution in [3.8, 4) is 11.5 Å². The lowest BCUT2D eigenvalue weighted by molar-refractivity contribution is -0.167. The number of hydrogen-bond donors (Lipinski definition) is 1. The molecule has 3 rings (SSSR count). The first-order valence-corrected chi connectivity index (χ1v) is 11.8. The van der Waals surface area contributed by atoms with Crippen molar-refractivity contribution in [2.75, 3.05) is 37.2 Å². The number of nitrogens with zero attached hydrogens (tertiary/aromatic N) is 3. The summed E-state index contributed by atoms with van der Waals surface area (Å²) in [7, 11) is -2.09. The van der Waals surface area contributed by atoms with Gasteiger partial charge < -0.3 is 4.74 Å². The maximum atomic E-state index is 12.7. The first-order chi connectivity index (χ1) is 15.4. The van der Waals surface area contributed by atoms with Gasteiger partial charge in [-0.3, -0.25) is 19.2 Å². The third-order valence-electron chi connectivity index (χ3n) is 5.23. The minimum atomic E-state index is -4.45. The van der Waals surface area contributed by atoms with E-state index < -0.39 is 33.7 Å². The zero-order valence-corrected chi connectivity index (χ0v) is 18.8. The van der Waals surface area contributed by atoms with Gasteiger partial charge in [-0.15, -0.1) is 0 Å². The molecule has 1 aliphatic heterocycles. The van der Waals surface area contributed by atoms with Gasteiger partial charge in [0.05, 0.1) is 24.1 Å². The van der Waals surface area contributed by atoms with Crippen LogP contribution in [0.25, 0.3) is 0 Å². The Morgan fingerprint density at radius 1 is 1.06 bits per heavy atom. The van der Waals surface area contributed by atoms with Gasteiger partial charge in [0.15, 0.2) is 0 Å². The molecule has 1 N–H and O–H groups in total. The van der Waals surface area contributed by atoms with E-state index in [1.165, 1.54) is 36.4 Å². The van der Waals surface area contributed by atoms with Crippen LogP contribution in [0.1, 0.15) is 12.0 Å². The molecule has 0 aliphatic carbocycles. The Kier molecular flexibility index (Phi) is 7.20. The normalized spacial score (nSPS) is 18.2. The predicted octanol–water partition coefficient (Wildman–Crippen LogP) is 3.19. The number of carbonyl (C=O) groups is 1. The smallest absolute Gasteiger partial charge is 0.416 e. The minimum Gasteiger partial charge on any atom is -0.457 e. The third kappa shape index (κ3) is 6.15. The van der Waals surface area contributed by atoms with E-state index in [1.54, 1.807) is 11.9 Å². The largest absolute Gasteiger partial charge is 0.457 e. The van der Waals surface area contributed by atoms with Gasteiger partial charge in [0, 0.05) is 13.1 Å². The number of alkyl halides is 3. The SMILES string of the molecule is CN1CCCN(O)C(=O)[C@@H]1CN(c1ccc(Oc2ccc(C(F)(F)F)cc2)cc1)S(C)(=O)=O. The summed E-state index contributed by atoms with van der Waals surface area (Å²) in [5.41, 5.74) is -0.527. The van der Waals surface area contributed by atoms with Gasteiger partial charge in [0.1, 0.15) is 17.5 Å². The van der Waals surface area contributed by atoms with Gasteiger partial charge in [-0.1, -0.05) is 0 Å². The highest BCUT2D eigenvalue weighted by Crippen LogP contribution is 2.32. The summed E-state index contributed by atoms with van der Waals surface area (Å²) in [6.07, 6.45) is -2.89. The second-order valence-electron chi connectivity index (χ2n) is 7.72. The maximum absolute atomic E-state index is 12.7. The lowest BCUT2D eigenvalue weighted by Crippen LogP contribution is -2.51. The summed E-state index contributed by atoms with van der Waals surface area (Å²) < 4.78 is 69.6. The standard InChI is InChI=1S/C21H24F3N3O5S/c1-25-12-3-13-26(29)20(28)19(25)14-27(33(2,30)31)16-6-10-18(11-7-16)32-17-8-4-15(5-9-17)21(22,23)24/h4-11,19,29H,3,12-14H2,1-2H3/t19-/m0/s1. The summed E-state index contributed by atoms with van der Waals surface area (Å²) in [6.45, 7) is 0.462. The average molecular weight is 488 g/mol. The van der Waals surface area contributed by atoms with Crippen molar-refractivity contribution < 1.29 is 36.3 Å². The molecule has 0 radical (unpaired) electrons. The number of amides is 1. The molecule has 0 saturated carbocycles. The number of ether oxygens (including phenoxy) is 1. The van der Waals surface area contributed by atoms with E-state index in [2.05, 4.69) is 0 Å². The number of likely N-dealkylation sites (N-methyl/N-ethyl adjacent to an activating group) is 1. The number of sulfonamides is 1. The van der Waals surface area contributed by atoms with E-state index in [0.29, 0.717) is 18.0 Å². The zero-order chi connectivity index (χ0) is 24.4. The molecule has 0 unspecified atom stereocenters. The van der Waals surface area contributed by atoms with Gasteiger partial charge in [0.25, 0.3) is 5.91 Å². The van der Waals surface area contributed by atoms with Crippen molar-refractivity contribution in [1.29, 1.82) is 0 Å². The van der Waals surface area contributed by atoms with Gasteiger partial charge >= 0.3 is 6.18 Å². The highest BCUT2D eigenvalue weighted by molar-refractivity contribution is 7.92. The van der Waals surface area contributed by atoms with E-state index in [-0.39, 0.29) is 30.3 Å². The van der Waals surface area contributed by atoms with E-state index in [0.717, 1.165) is 22.7 Å². The molecule has 1 fully saturated rings. The molecular formula is C21H24F3N3O5S. The molecule has 0 aromatic heterocycles. The Balaban J connectivity index is 1.79. The quantitative estimate of drug-likeness (QED) is 0.630. The van der Waals surface area contributed by atoms with Crippen LogP contribution in [0.2, 0.25) is 0 Å². The maximum Gasteiger partial charge on any atom is 0.416 e. The number of benzene rings is 2. The fourth-order valence-electron chi connectivity index (χ4n) is 3.43.